The molecular weight excluding hydrogens is 398 g/mol. The fourth-order valence-corrected chi connectivity index (χ4v) is 4.96. The highest BCUT2D eigenvalue weighted by Gasteiger charge is 2.41. The summed E-state index contributed by atoms with van der Waals surface area (Å²) in [6.45, 7) is 12.3. The molecule has 0 spiro atoms. The molecule has 0 bridgehead atoms. The van der Waals surface area contributed by atoms with Crippen molar-refractivity contribution in [3.8, 4) is 0 Å². The van der Waals surface area contributed by atoms with E-state index >= 15 is 0 Å². The number of esters is 1. The third-order valence-corrected chi connectivity index (χ3v) is 7.60. The second kappa shape index (κ2) is 8.15. The molecule has 0 saturated carbocycles. The summed E-state index contributed by atoms with van der Waals surface area (Å²) < 4.78 is 33.1. The van der Waals surface area contributed by atoms with Gasteiger partial charge in [0.05, 0.1) is 16.9 Å². The predicted molar refractivity (Wildman–Crippen MR) is 112 cm³/mol. The highest BCUT2D eigenvalue weighted by Crippen LogP contribution is 2.58. The standard InChI is InChI=1S/C19H31NO6SSi/c1-19(2,3)26-17(21)12-14-7-8-15-16(11-14)27(23,24)20(18(15)22)13-25-9-10-28(4,5)6/h7-8,11,23-24H,9-10,12-13H2,1-6H3. The predicted octanol–water partition coefficient (Wildman–Crippen LogP) is 4.36. The first-order valence-corrected chi connectivity index (χ1v) is 14.4. The van der Waals surface area contributed by atoms with Gasteiger partial charge in [-0.3, -0.25) is 18.7 Å². The fraction of sp³-hybridized carbons (Fsp3) is 0.579. The Kier molecular flexibility index (Phi) is 6.67. The van der Waals surface area contributed by atoms with Gasteiger partial charge in [0.2, 0.25) is 0 Å². The molecule has 0 fully saturated rings. The summed E-state index contributed by atoms with van der Waals surface area (Å²) in [4.78, 5) is 24.8. The molecule has 9 heteroatoms. The number of amides is 1. The van der Waals surface area contributed by atoms with Gasteiger partial charge in [0.25, 0.3) is 5.91 Å². The molecule has 158 valence electrons. The summed E-state index contributed by atoms with van der Waals surface area (Å²) in [6, 6.07) is 5.56. The van der Waals surface area contributed by atoms with Crippen LogP contribution in [0.15, 0.2) is 23.1 Å². The first-order valence-electron chi connectivity index (χ1n) is 9.23. The smallest absolute Gasteiger partial charge is 0.310 e. The molecule has 1 aromatic rings. The molecule has 0 atom stereocenters. The molecular formula is C19H31NO6SSi. The molecule has 0 unspecified atom stereocenters. The molecule has 1 aliphatic heterocycles. The Bertz CT molecular complexity index is 754. The van der Waals surface area contributed by atoms with E-state index in [1.54, 1.807) is 26.8 Å². The van der Waals surface area contributed by atoms with Crippen molar-refractivity contribution in [1.82, 2.24) is 4.31 Å². The minimum atomic E-state index is -3.49. The van der Waals surface area contributed by atoms with Crippen LogP contribution in [0, 0.1) is 0 Å². The molecule has 1 amide bonds. The van der Waals surface area contributed by atoms with Crippen LogP contribution >= 0.6 is 10.8 Å². The van der Waals surface area contributed by atoms with Crippen LogP contribution in [0.1, 0.15) is 36.7 Å². The first-order chi connectivity index (χ1) is 12.7. The molecule has 7 nitrogen and oxygen atoms in total. The van der Waals surface area contributed by atoms with Gasteiger partial charge in [-0.25, -0.2) is 4.31 Å². The first kappa shape index (κ1) is 22.9. The van der Waals surface area contributed by atoms with Crippen molar-refractivity contribution in [2.45, 2.75) is 63.4 Å². The average molecular weight is 430 g/mol. The third-order valence-electron chi connectivity index (χ3n) is 4.08. The lowest BCUT2D eigenvalue weighted by molar-refractivity contribution is -0.153. The van der Waals surface area contributed by atoms with Gasteiger partial charge >= 0.3 is 5.97 Å². The number of carbonyl (C=O) groups is 2. The topological polar surface area (TPSA) is 96.3 Å². The zero-order valence-corrected chi connectivity index (χ0v) is 19.3. The van der Waals surface area contributed by atoms with E-state index in [1.807, 2.05) is 0 Å². The monoisotopic (exact) mass is 429 g/mol. The van der Waals surface area contributed by atoms with E-state index in [1.165, 1.54) is 12.1 Å². The number of nitrogens with zero attached hydrogens (tertiary/aromatic N) is 1. The molecule has 0 aromatic heterocycles. The van der Waals surface area contributed by atoms with E-state index in [-0.39, 0.29) is 23.6 Å². The molecule has 1 heterocycles. The van der Waals surface area contributed by atoms with Crippen LogP contribution < -0.4 is 0 Å². The highest BCUT2D eigenvalue weighted by atomic mass is 32.3. The summed E-state index contributed by atoms with van der Waals surface area (Å²) in [5.74, 6) is -0.897. The van der Waals surface area contributed by atoms with Crippen molar-refractivity contribution in [2.75, 3.05) is 13.3 Å². The molecule has 2 rings (SSSR count). The number of hydrogen-bond donors (Lipinski definition) is 2. The summed E-state index contributed by atoms with van der Waals surface area (Å²) in [7, 11) is -4.77. The van der Waals surface area contributed by atoms with Crippen molar-refractivity contribution in [1.29, 1.82) is 0 Å². The zero-order valence-electron chi connectivity index (χ0n) is 17.4. The van der Waals surface area contributed by atoms with Gasteiger partial charge in [-0.05, 0) is 44.5 Å². The van der Waals surface area contributed by atoms with Gasteiger partial charge in [0.1, 0.15) is 12.3 Å². The lowest BCUT2D eigenvalue weighted by Crippen LogP contribution is -2.31. The lowest BCUT2D eigenvalue weighted by atomic mass is 10.1. The molecule has 28 heavy (non-hydrogen) atoms. The van der Waals surface area contributed by atoms with Crippen molar-refractivity contribution in [2.24, 2.45) is 0 Å². The molecule has 0 saturated heterocycles. The van der Waals surface area contributed by atoms with Crippen LogP contribution in [0.5, 0.6) is 0 Å². The maximum atomic E-state index is 12.6. The summed E-state index contributed by atoms with van der Waals surface area (Å²) >= 11 is 0. The van der Waals surface area contributed by atoms with Gasteiger partial charge in [0.15, 0.2) is 0 Å². The summed E-state index contributed by atoms with van der Waals surface area (Å²) in [5, 5.41) is 0. The summed E-state index contributed by atoms with van der Waals surface area (Å²) in [6.07, 6.45) is -0.0129. The number of ether oxygens (including phenoxy) is 2. The van der Waals surface area contributed by atoms with E-state index in [4.69, 9.17) is 9.47 Å². The number of rotatable bonds is 7. The quantitative estimate of drug-likeness (QED) is 0.380. The number of fused-ring (bicyclic) bond motifs is 1. The van der Waals surface area contributed by atoms with Crippen molar-refractivity contribution >= 4 is 30.7 Å². The fourth-order valence-electron chi connectivity index (χ4n) is 2.65. The maximum Gasteiger partial charge on any atom is 0.310 e. The second-order valence-corrected chi connectivity index (χ2v) is 16.7. The Hall–Kier alpha value is -1.39. The molecule has 1 aliphatic rings. The van der Waals surface area contributed by atoms with E-state index in [9.17, 15) is 18.7 Å². The van der Waals surface area contributed by atoms with E-state index in [2.05, 4.69) is 19.6 Å². The van der Waals surface area contributed by atoms with Gasteiger partial charge in [-0.15, -0.1) is 0 Å². The van der Waals surface area contributed by atoms with Gasteiger partial charge < -0.3 is 9.47 Å². The van der Waals surface area contributed by atoms with Crippen molar-refractivity contribution < 1.29 is 28.2 Å². The number of carbonyl (C=O) groups excluding carboxylic acids is 2. The van der Waals surface area contributed by atoms with Crippen molar-refractivity contribution in [3.05, 3.63) is 29.3 Å². The van der Waals surface area contributed by atoms with E-state index in [0.29, 0.717) is 12.2 Å². The lowest BCUT2D eigenvalue weighted by Gasteiger charge is -2.36. The zero-order chi connectivity index (χ0) is 21.3. The Morgan fingerprint density at radius 2 is 1.86 bits per heavy atom. The van der Waals surface area contributed by atoms with Crippen molar-refractivity contribution in [3.63, 3.8) is 0 Å². The Morgan fingerprint density at radius 1 is 1.21 bits per heavy atom. The molecule has 2 N–H and O–H groups in total. The Balaban J connectivity index is 2.10. The Morgan fingerprint density at radius 3 is 2.43 bits per heavy atom. The van der Waals surface area contributed by atoms with Crippen LogP contribution in [0.25, 0.3) is 0 Å². The number of benzene rings is 1. The largest absolute Gasteiger partial charge is 0.460 e. The maximum absolute atomic E-state index is 12.6. The van der Waals surface area contributed by atoms with Crippen LogP contribution in [-0.2, 0) is 20.7 Å². The molecule has 1 aromatic carbocycles. The van der Waals surface area contributed by atoms with Crippen LogP contribution in [0.3, 0.4) is 0 Å². The minimum Gasteiger partial charge on any atom is -0.460 e. The molecule has 0 radical (unpaired) electrons. The summed E-state index contributed by atoms with van der Waals surface area (Å²) in [5.41, 5.74) is 0.181. The van der Waals surface area contributed by atoms with Crippen LogP contribution in [0.4, 0.5) is 0 Å². The highest BCUT2D eigenvalue weighted by molar-refractivity contribution is 8.23. The normalized spacial score (nSPS) is 17.4. The van der Waals surface area contributed by atoms with Crippen LogP contribution in [0.2, 0.25) is 25.7 Å². The third kappa shape index (κ3) is 5.80. The van der Waals surface area contributed by atoms with Gasteiger partial charge in [0, 0.05) is 14.7 Å². The number of hydrogen-bond acceptors (Lipinski definition) is 6. The Labute approximate surface area is 169 Å². The van der Waals surface area contributed by atoms with Gasteiger partial charge in [-0.2, -0.15) is 0 Å². The second-order valence-electron chi connectivity index (χ2n) is 9.14. The molecule has 0 aliphatic carbocycles. The minimum absolute atomic E-state index is 0.0129. The average Bonchev–Trinajstić information content (AvgIpc) is 2.68. The van der Waals surface area contributed by atoms with Gasteiger partial charge in [-0.1, -0.05) is 36.5 Å². The van der Waals surface area contributed by atoms with Crippen LogP contribution in [-0.4, -0.2) is 52.3 Å². The SMILES string of the molecule is CC(C)(C)OC(=O)Cc1ccc2c(c1)S(O)(O)N(COCC[Si](C)(C)C)C2=O. The van der Waals surface area contributed by atoms with E-state index < -0.39 is 36.3 Å². The van der Waals surface area contributed by atoms with E-state index in [0.717, 1.165) is 10.3 Å².